The summed E-state index contributed by atoms with van der Waals surface area (Å²) in [4.78, 5) is 43.5. The van der Waals surface area contributed by atoms with Gasteiger partial charge in [-0.05, 0) is 69.1 Å². The first-order valence-electron chi connectivity index (χ1n) is 10.2. The molecule has 1 aromatic carbocycles. The van der Waals surface area contributed by atoms with Crippen molar-refractivity contribution >= 4 is 46.6 Å². The van der Waals surface area contributed by atoms with E-state index >= 15 is 0 Å². The number of hydrogen-bond donors (Lipinski definition) is 2. The molecule has 4 amide bonds. The summed E-state index contributed by atoms with van der Waals surface area (Å²) < 4.78 is 0. The summed E-state index contributed by atoms with van der Waals surface area (Å²) in [6.07, 6.45) is 1.91. The molecule has 9 heteroatoms. The van der Waals surface area contributed by atoms with Gasteiger partial charge in [0.15, 0.2) is 10.5 Å². The highest BCUT2D eigenvalue weighted by molar-refractivity contribution is 7.80. The third-order valence-electron chi connectivity index (χ3n) is 6.30. The smallest absolute Gasteiger partial charge is 0.332 e. The van der Waals surface area contributed by atoms with Gasteiger partial charge < -0.3 is 15.5 Å². The first-order valence-corrected chi connectivity index (χ1v) is 10.6. The number of fused-ring (bicyclic) bond motifs is 4. The van der Waals surface area contributed by atoms with Gasteiger partial charge in [0, 0.05) is 38.1 Å². The van der Waals surface area contributed by atoms with E-state index in [2.05, 4.69) is 15.5 Å². The van der Waals surface area contributed by atoms with E-state index in [1.165, 1.54) is 14.1 Å². The SMILES string of the molecule is CC(C)NC(=S)Nc1ccc2c(c1)CC1(C(=O)N(C)C(=O)N(C)C1=O)[C@@H]1CCCN21. The Kier molecular flexibility index (Phi) is 4.96. The summed E-state index contributed by atoms with van der Waals surface area (Å²) in [6, 6.07) is 5.33. The van der Waals surface area contributed by atoms with Crippen molar-refractivity contribution in [1.82, 2.24) is 15.1 Å². The van der Waals surface area contributed by atoms with Crippen molar-refractivity contribution in [1.29, 1.82) is 0 Å². The first kappa shape index (κ1) is 20.6. The molecule has 2 N–H and O–H groups in total. The molecule has 160 valence electrons. The average Bonchev–Trinajstić information content (AvgIpc) is 3.19. The zero-order chi connectivity index (χ0) is 21.8. The molecule has 4 rings (SSSR count). The van der Waals surface area contributed by atoms with Crippen LogP contribution >= 0.6 is 12.2 Å². The van der Waals surface area contributed by atoms with E-state index in [4.69, 9.17) is 12.2 Å². The molecule has 30 heavy (non-hydrogen) atoms. The lowest BCUT2D eigenvalue weighted by Gasteiger charge is -2.50. The summed E-state index contributed by atoms with van der Waals surface area (Å²) in [5.74, 6) is -0.818. The van der Waals surface area contributed by atoms with Crippen LogP contribution in [0.2, 0.25) is 0 Å². The second kappa shape index (κ2) is 7.23. The van der Waals surface area contributed by atoms with Crippen molar-refractivity contribution in [3.63, 3.8) is 0 Å². The van der Waals surface area contributed by atoms with Crippen molar-refractivity contribution in [2.45, 2.75) is 45.2 Å². The van der Waals surface area contributed by atoms with Crippen LogP contribution in [-0.4, -0.2) is 65.5 Å². The summed E-state index contributed by atoms with van der Waals surface area (Å²) in [6.45, 7) is 4.79. The number of rotatable bonds is 2. The average molecular weight is 430 g/mol. The number of carbonyl (C=O) groups is 3. The number of anilines is 2. The number of benzene rings is 1. The van der Waals surface area contributed by atoms with Crippen LogP contribution in [0.15, 0.2) is 18.2 Å². The van der Waals surface area contributed by atoms with Crippen LogP contribution in [-0.2, 0) is 16.0 Å². The van der Waals surface area contributed by atoms with Gasteiger partial charge in [0.25, 0.3) is 0 Å². The first-order chi connectivity index (χ1) is 14.2. The third kappa shape index (κ3) is 2.94. The van der Waals surface area contributed by atoms with Crippen LogP contribution in [0.25, 0.3) is 0 Å². The Morgan fingerprint density at radius 1 is 1.17 bits per heavy atom. The molecule has 3 aliphatic heterocycles. The van der Waals surface area contributed by atoms with Crippen LogP contribution in [0.1, 0.15) is 32.3 Å². The van der Waals surface area contributed by atoms with E-state index in [1.807, 2.05) is 32.0 Å². The highest BCUT2D eigenvalue weighted by Gasteiger charge is 2.63. The Labute approximate surface area is 181 Å². The number of carbonyl (C=O) groups excluding carboxylic acids is 3. The molecule has 1 spiro atoms. The summed E-state index contributed by atoms with van der Waals surface area (Å²) in [5, 5.41) is 6.84. The molecule has 1 aromatic rings. The monoisotopic (exact) mass is 429 g/mol. The van der Waals surface area contributed by atoms with E-state index in [0.717, 1.165) is 46.1 Å². The second-order valence-corrected chi connectivity index (χ2v) is 9.02. The number of hydrogen-bond acceptors (Lipinski definition) is 5. The van der Waals surface area contributed by atoms with E-state index in [0.29, 0.717) is 5.11 Å². The molecule has 8 nitrogen and oxygen atoms in total. The molecule has 0 unspecified atom stereocenters. The van der Waals surface area contributed by atoms with Gasteiger partial charge >= 0.3 is 6.03 Å². The Balaban J connectivity index is 1.75. The molecule has 3 heterocycles. The van der Waals surface area contributed by atoms with E-state index in [1.54, 1.807) is 0 Å². The lowest BCUT2D eigenvalue weighted by molar-refractivity contribution is -0.159. The zero-order valence-electron chi connectivity index (χ0n) is 17.7. The molecule has 2 saturated heterocycles. The zero-order valence-corrected chi connectivity index (χ0v) is 18.5. The normalized spacial score (nSPS) is 22.5. The molecule has 3 aliphatic rings. The number of barbiturate groups is 1. The van der Waals surface area contributed by atoms with E-state index in [-0.39, 0.29) is 18.5 Å². The van der Waals surface area contributed by atoms with Crippen LogP contribution in [0.5, 0.6) is 0 Å². The Morgan fingerprint density at radius 2 is 1.83 bits per heavy atom. The van der Waals surface area contributed by atoms with Gasteiger partial charge in [-0.15, -0.1) is 0 Å². The van der Waals surface area contributed by atoms with Gasteiger partial charge in [-0.2, -0.15) is 0 Å². The van der Waals surface area contributed by atoms with Crippen LogP contribution in [0, 0.1) is 5.41 Å². The van der Waals surface area contributed by atoms with Crippen molar-refractivity contribution in [2.24, 2.45) is 5.41 Å². The van der Waals surface area contributed by atoms with Crippen molar-refractivity contribution in [3.05, 3.63) is 23.8 Å². The van der Waals surface area contributed by atoms with Gasteiger partial charge in [0.2, 0.25) is 11.8 Å². The predicted octanol–water partition coefficient (Wildman–Crippen LogP) is 1.94. The Bertz CT molecular complexity index is 923. The number of amides is 4. The lowest BCUT2D eigenvalue weighted by Crippen LogP contribution is -2.70. The van der Waals surface area contributed by atoms with Gasteiger partial charge in [0.1, 0.15) is 0 Å². The molecule has 0 aliphatic carbocycles. The number of nitrogens with zero attached hydrogens (tertiary/aromatic N) is 3. The maximum atomic E-state index is 13.4. The van der Waals surface area contributed by atoms with Crippen LogP contribution < -0.4 is 15.5 Å². The number of urea groups is 1. The van der Waals surface area contributed by atoms with E-state index < -0.39 is 23.3 Å². The molecule has 1 atom stereocenters. The molecular formula is C21H27N5O3S. The fourth-order valence-electron chi connectivity index (χ4n) is 5.03. The summed E-state index contributed by atoms with van der Waals surface area (Å²) in [5.41, 5.74) is 1.46. The van der Waals surface area contributed by atoms with Gasteiger partial charge in [-0.3, -0.25) is 19.4 Å². The molecule has 0 radical (unpaired) electrons. The van der Waals surface area contributed by atoms with Gasteiger partial charge in [-0.25, -0.2) is 4.79 Å². The minimum Gasteiger partial charge on any atom is -0.367 e. The minimum absolute atomic E-state index is 0.206. The van der Waals surface area contributed by atoms with Crippen molar-refractivity contribution < 1.29 is 14.4 Å². The highest BCUT2D eigenvalue weighted by atomic mass is 32.1. The number of thiocarbonyl (C=S) groups is 1. The summed E-state index contributed by atoms with van der Waals surface area (Å²) in [7, 11) is 2.91. The third-order valence-corrected chi connectivity index (χ3v) is 6.52. The van der Waals surface area contributed by atoms with Crippen LogP contribution in [0.4, 0.5) is 16.2 Å². The Hall–Kier alpha value is -2.68. The topological polar surface area (TPSA) is 85.0 Å². The largest absolute Gasteiger partial charge is 0.367 e. The Morgan fingerprint density at radius 3 is 2.47 bits per heavy atom. The predicted molar refractivity (Wildman–Crippen MR) is 118 cm³/mol. The lowest BCUT2D eigenvalue weighted by atomic mass is 9.68. The van der Waals surface area contributed by atoms with Crippen molar-refractivity contribution in [3.8, 4) is 0 Å². The van der Waals surface area contributed by atoms with E-state index in [9.17, 15) is 14.4 Å². The van der Waals surface area contributed by atoms with Crippen LogP contribution in [0.3, 0.4) is 0 Å². The number of imide groups is 2. The maximum Gasteiger partial charge on any atom is 0.332 e. The minimum atomic E-state index is -1.28. The standard InChI is InChI=1S/C21H27N5O3S/c1-12(2)22-19(30)23-14-7-8-15-13(10-14)11-21(16-6-5-9-26(15)16)17(27)24(3)20(29)25(4)18(21)28/h7-8,10,12,16H,5-6,9,11H2,1-4H3,(H2,22,23,30)/t16-/m0/s1. The highest BCUT2D eigenvalue weighted by Crippen LogP contribution is 2.49. The van der Waals surface area contributed by atoms with Gasteiger partial charge in [0.05, 0.1) is 6.04 Å². The quantitative estimate of drug-likeness (QED) is 0.549. The van der Waals surface area contributed by atoms with Crippen molar-refractivity contribution in [2.75, 3.05) is 30.9 Å². The fraction of sp³-hybridized carbons (Fsp3) is 0.524. The summed E-state index contributed by atoms with van der Waals surface area (Å²) >= 11 is 5.35. The molecule has 0 aromatic heterocycles. The number of nitrogens with one attached hydrogen (secondary N) is 2. The fourth-order valence-corrected chi connectivity index (χ4v) is 5.38. The maximum absolute atomic E-state index is 13.4. The second-order valence-electron chi connectivity index (χ2n) is 8.61. The molecule has 0 saturated carbocycles. The van der Waals surface area contributed by atoms with Gasteiger partial charge in [-0.1, -0.05) is 0 Å². The molecule has 0 bridgehead atoms. The molecule has 2 fully saturated rings. The molecular weight excluding hydrogens is 402 g/mol.